The van der Waals surface area contributed by atoms with Crippen LogP contribution in [0.2, 0.25) is 0 Å². The van der Waals surface area contributed by atoms with Crippen molar-refractivity contribution in [3.05, 3.63) is 71.8 Å². The zero-order valence-electron chi connectivity index (χ0n) is 15.0. The summed E-state index contributed by atoms with van der Waals surface area (Å²) in [5.74, 6) is 0.810. The molecule has 2 nitrogen and oxygen atoms in total. The lowest BCUT2D eigenvalue weighted by atomic mass is 9.81. The van der Waals surface area contributed by atoms with Crippen LogP contribution in [0.5, 0.6) is 0 Å². The number of carbonyl (C=O) groups is 1. The summed E-state index contributed by atoms with van der Waals surface area (Å²) < 4.78 is 0. The number of hydrogen-bond donors (Lipinski definition) is 1. The molecule has 1 fully saturated rings. The molecular formula is C23H29NO. The summed E-state index contributed by atoms with van der Waals surface area (Å²) in [5, 5.41) is 3.37. The summed E-state index contributed by atoms with van der Waals surface area (Å²) in [6, 6.07) is 21.1. The Kier molecular flexibility index (Phi) is 6.67. The largest absolute Gasteiger partial charge is 0.353 e. The van der Waals surface area contributed by atoms with E-state index in [1.165, 1.54) is 43.2 Å². The first-order valence-corrected chi connectivity index (χ1v) is 9.68. The smallest absolute Gasteiger partial charge is 0.220 e. The molecular weight excluding hydrogens is 306 g/mol. The molecule has 1 aliphatic rings. The van der Waals surface area contributed by atoms with Crippen LogP contribution in [-0.4, -0.2) is 11.9 Å². The molecule has 25 heavy (non-hydrogen) atoms. The van der Waals surface area contributed by atoms with Gasteiger partial charge in [-0.3, -0.25) is 4.79 Å². The van der Waals surface area contributed by atoms with Gasteiger partial charge in [0.2, 0.25) is 5.91 Å². The molecule has 0 heterocycles. The van der Waals surface area contributed by atoms with E-state index >= 15 is 0 Å². The Morgan fingerprint density at radius 3 is 2.12 bits per heavy atom. The van der Waals surface area contributed by atoms with Gasteiger partial charge in [0.25, 0.3) is 0 Å². The molecule has 1 atom stereocenters. The van der Waals surface area contributed by atoms with E-state index in [0.29, 0.717) is 12.3 Å². The second-order valence-electron chi connectivity index (χ2n) is 7.25. The highest BCUT2D eigenvalue weighted by molar-refractivity contribution is 5.76. The molecule has 3 rings (SSSR count). The van der Waals surface area contributed by atoms with E-state index in [9.17, 15) is 4.79 Å². The van der Waals surface area contributed by atoms with Crippen LogP contribution in [0, 0.1) is 5.92 Å². The SMILES string of the molecule is O=C(CCc1ccccc1)NC(Cc1ccccc1)C1CCCCC1. The van der Waals surface area contributed by atoms with Gasteiger partial charge in [-0.2, -0.15) is 0 Å². The number of rotatable bonds is 7. The first kappa shape index (κ1) is 17.7. The minimum atomic E-state index is 0.190. The molecule has 1 saturated carbocycles. The lowest BCUT2D eigenvalue weighted by Gasteiger charge is -2.31. The Hall–Kier alpha value is -2.09. The fourth-order valence-corrected chi connectivity index (χ4v) is 3.92. The Morgan fingerprint density at radius 1 is 0.880 bits per heavy atom. The van der Waals surface area contributed by atoms with Gasteiger partial charge in [0.1, 0.15) is 0 Å². The third kappa shape index (κ3) is 5.74. The van der Waals surface area contributed by atoms with E-state index in [4.69, 9.17) is 0 Å². The zero-order valence-corrected chi connectivity index (χ0v) is 15.0. The Bertz CT molecular complexity index is 632. The number of amides is 1. The van der Waals surface area contributed by atoms with Crippen LogP contribution < -0.4 is 5.32 Å². The summed E-state index contributed by atoms with van der Waals surface area (Å²) >= 11 is 0. The van der Waals surface area contributed by atoms with Gasteiger partial charge in [-0.1, -0.05) is 79.9 Å². The summed E-state index contributed by atoms with van der Waals surface area (Å²) in [5.41, 5.74) is 2.55. The van der Waals surface area contributed by atoms with E-state index in [1.807, 2.05) is 18.2 Å². The van der Waals surface area contributed by atoms with Crippen molar-refractivity contribution < 1.29 is 4.79 Å². The van der Waals surface area contributed by atoms with Crippen LogP contribution in [0.25, 0.3) is 0 Å². The molecule has 1 amide bonds. The molecule has 0 aliphatic heterocycles. The number of nitrogens with one attached hydrogen (secondary N) is 1. The van der Waals surface area contributed by atoms with Crippen LogP contribution in [0.1, 0.15) is 49.7 Å². The molecule has 2 heteroatoms. The van der Waals surface area contributed by atoms with Crippen LogP contribution in [-0.2, 0) is 17.6 Å². The van der Waals surface area contributed by atoms with Crippen LogP contribution in [0.15, 0.2) is 60.7 Å². The van der Waals surface area contributed by atoms with Crippen molar-refractivity contribution in [3.63, 3.8) is 0 Å². The first-order valence-electron chi connectivity index (χ1n) is 9.68. The van der Waals surface area contributed by atoms with Gasteiger partial charge in [-0.25, -0.2) is 0 Å². The number of carbonyl (C=O) groups excluding carboxylic acids is 1. The maximum absolute atomic E-state index is 12.5. The van der Waals surface area contributed by atoms with Crippen molar-refractivity contribution in [2.24, 2.45) is 5.92 Å². The second-order valence-corrected chi connectivity index (χ2v) is 7.25. The fourth-order valence-electron chi connectivity index (χ4n) is 3.92. The van der Waals surface area contributed by atoms with Crippen LogP contribution in [0.4, 0.5) is 0 Å². The van der Waals surface area contributed by atoms with E-state index < -0.39 is 0 Å². The fraction of sp³-hybridized carbons (Fsp3) is 0.435. The zero-order chi connectivity index (χ0) is 17.3. The van der Waals surface area contributed by atoms with Gasteiger partial charge < -0.3 is 5.32 Å². The predicted octanol–water partition coefficient (Wildman–Crippen LogP) is 4.93. The summed E-state index contributed by atoms with van der Waals surface area (Å²) in [4.78, 5) is 12.5. The van der Waals surface area contributed by atoms with Crippen LogP contribution in [0.3, 0.4) is 0 Å². The summed E-state index contributed by atoms with van der Waals surface area (Å²) in [6.07, 6.45) is 8.77. The average molecular weight is 335 g/mol. The van der Waals surface area contributed by atoms with Crippen molar-refractivity contribution in [1.82, 2.24) is 5.32 Å². The van der Waals surface area contributed by atoms with E-state index in [2.05, 4.69) is 47.8 Å². The van der Waals surface area contributed by atoms with Crippen molar-refractivity contribution in [1.29, 1.82) is 0 Å². The molecule has 2 aromatic rings. The van der Waals surface area contributed by atoms with Gasteiger partial charge in [0, 0.05) is 12.5 Å². The van der Waals surface area contributed by atoms with Gasteiger partial charge >= 0.3 is 0 Å². The molecule has 0 spiro atoms. The third-order valence-corrected chi connectivity index (χ3v) is 5.35. The molecule has 0 radical (unpaired) electrons. The molecule has 0 bridgehead atoms. The van der Waals surface area contributed by atoms with E-state index in [-0.39, 0.29) is 11.9 Å². The van der Waals surface area contributed by atoms with Crippen molar-refractivity contribution in [2.75, 3.05) is 0 Å². The van der Waals surface area contributed by atoms with E-state index in [1.54, 1.807) is 0 Å². The quantitative estimate of drug-likeness (QED) is 0.764. The lowest BCUT2D eigenvalue weighted by Crippen LogP contribution is -2.42. The van der Waals surface area contributed by atoms with Crippen molar-refractivity contribution in [3.8, 4) is 0 Å². The molecule has 0 aromatic heterocycles. The normalized spacial score (nSPS) is 16.3. The Morgan fingerprint density at radius 2 is 1.48 bits per heavy atom. The Balaban J connectivity index is 1.59. The predicted molar refractivity (Wildman–Crippen MR) is 103 cm³/mol. The monoisotopic (exact) mass is 335 g/mol. The van der Waals surface area contributed by atoms with Gasteiger partial charge in [-0.05, 0) is 42.7 Å². The first-order chi connectivity index (χ1) is 12.3. The highest BCUT2D eigenvalue weighted by atomic mass is 16.1. The lowest BCUT2D eigenvalue weighted by molar-refractivity contribution is -0.122. The number of benzene rings is 2. The average Bonchev–Trinajstić information content (AvgIpc) is 2.68. The topological polar surface area (TPSA) is 29.1 Å². The summed E-state index contributed by atoms with van der Waals surface area (Å²) in [6.45, 7) is 0. The maximum atomic E-state index is 12.5. The molecule has 2 aromatic carbocycles. The van der Waals surface area contributed by atoms with Crippen molar-refractivity contribution in [2.45, 2.75) is 57.4 Å². The van der Waals surface area contributed by atoms with Crippen molar-refractivity contribution >= 4 is 5.91 Å². The minimum absolute atomic E-state index is 0.190. The standard InChI is InChI=1S/C23H29NO/c25-23(17-16-19-10-4-1-5-11-19)24-22(21-14-8-3-9-15-21)18-20-12-6-2-7-13-20/h1-2,4-7,10-13,21-22H,3,8-9,14-18H2,(H,24,25). The highest BCUT2D eigenvalue weighted by Crippen LogP contribution is 2.28. The summed E-state index contributed by atoms with van der Waals surface area (Å²) in [7, 11) is 0. The molecule has 132 valence electrons. The number of aryl methyl sites for hydroxylation is 1. The molecule has 1 N–H and O–H groups in total. The molecule has 1 aliphatic carbocycles. The van der Waals surface area contributed by atoms with E-state index in [0.717, 1.165) is 12.8 Å². The van der Waals surface area contributed by atoms with Crippen LogP contribution >= 0.6 is 0 Å². The molecule has 0 saturated heterocycles. The maximum Gasteiger partial charge on any atom is 0.220 e. The minimum Gasteiger partial charge on any atom is -0.353 e. The highest BCUT2D eigenvalue weighted by Gasteiger charge is 2.25. The van der Waals surface area contributed by atoms with Gasteiger partial charge in [-0.15, -0.1) is 0 Å². The second kappa shape index (κ2) is 9.41. The molecule has 1 unspecified atom stereocenters. The Labute approximate surface area is 151 Å². The number of hydrogen-bond acceptors (Lipinski definition) is 1. The third-order valence-electron chi connectivity index (χ3n) is 5.35. The van der Waals surface area contributed by atoms with Gasteiger partial charge in [0.05, 0.1) is 0 Å². The van der Waals surface area contributed by atoms with Gasteiger partial charge in [0.15, 0.2) is 0 Å².